The number of ether oxygens (including phenoxy) is 2. The summed E-state index contributed by atoms with van der Waals surface area (Å²) in [5.74, 6) is 1.42. The molecule has 1 aliphatic rings. The van der Waals surface area contributed by atoms with E-state index in [0.29, 0.717) is 24.7 Å². The maximum Gasteiger partial charge on any atom is 0.134 e. The molecule has 5 heteroatoms. The third kappa shape index (κ3) is 2.56. The lowest BCUT2D eigenvalue weighted by Crippen LogP contribution is -2.02. The molecule has 0 bridgehead atoms. The molecule has 1 aromatic heterocycles. The second-order valence-electron chi connectivity index (χ2n) is 4.41. The van der Waals surface area contributed by atoms with Gasteiger partial charge in [0.05, 0.1) is 6.61 Å². The number of rotatable bonds is 4. The number of pyridine rings is 1. The summed E-state index contributed by atoms with van der Waals surface area (Å²) in [5, 5.41) is 12.0. The minimum absolute atomic E-state index is 0.295. The molecule has 102 valence electrons. The van der Waals surface area contributed by atoms with Gasteiger partial charge >= 0.3 is 0 Å². The van der Waals surface area contributed by atoms with Crippen LogP contribution in [-0.2, 0) is 6.42 Å². The SMILES string of the molecule is ON=C1COc2cc(OCCc3ccccn3)ccc21. The van der Waals surface area contributed by atoms with Crippen molar-refractivity contribution in [2.75, 3.05) is 13.2 Å². The average molecular weight is 270 g/mol. The standard InChI is InChI=1S/C15H14N2O3/c18-17-14-10-20-15-9-12(4-5-13(14)15)19-8-6-11-3-1-2-7-16-11/h1-5,7,9,18H,6,8,10H2. The molecule has 2 heterocycles. The molecular weight excluding hydrogens is 256 g/mol. The van der Waals surface area contributed by atoms with Crippen molar-refractivity contribution in [1.29, 1.82) is 0 Å². The van der Waals surface area contributed by atoms with E-state index in [0.717, 1.165) is 23.4 Å². The number of aromatic nitrogens is 1. The smallest absolute Gasteiger partial charge is 0.134 e. The summed E-state index contributed by atoms with van der Waals surface area (Å²) in [7, 11) is 0. The highest BCUT2D eigenvalue weighted by atomic mass is 16.5. The summed E-state index contributed by atoms with van der Waals surface area (Å²) in [6, 6.07) is 11.3. The van der Waals surface area contributed by atoms with Gasteiger partial charge in [0.1, 0.15) is 23.8 Å². The Labute approximate surface area is 116 Å². The number of oxime groups is 1. The van der Waals surface area contributed by atoms with Gasteiger partial charge in [0.2, 0.25) is 0 Å². The fourth-order valence-corrected chi connectivity index (χ4v) is 2.08. The Morgan fingerprint density at radius 1 is 1.30 bits per heavy atom. The maximum atomic E-state index is 8.82. The number of fused-ring (bicyclic) bond motifs is 1. The summed E-state index contributed by atoms with van der Waals surface area (Å²) >= 11 is 0. The average Bonchev–Trinajstić information content (AvgIpc) is 2.90. The van der Waals surface area contributed by atoms with E-state index in [1.807, 2.05) is 36.4 Å². The molecule has 1 aliphatic heterocycles. The Morgan fingerprint density at radius 3 is 3.05 bits per heavy atom. The Hall–Kier alpha value is -2.56. The van der Waals surface area contributed by atoms with Crippen molar-refractivity contribution >= 4 is 5.71 Å². The van der Waals surface area contributed by atoms with E-state index >= 15 is 0 Å². The molecule has 3 rings (SSSR count). The first kappa shape index (κ1) is 12.5. The monoisotopic (exact) mass is 270 g/mol. The molecule has 0 atom stereocenters. The first-order chi connectivity index (χ1) is 9.86. The second kappa shape index (κ2) is 5.61. The fourth-order valence-electron chi connectivity index (χ4n) is 2.08. The Morgan fingerprint density at radius 2 is 2.25 bits per heavy atom. The van der Waals surface area contributed by atoms with Gasteiger partial charge in [0, 0.05) is 29.9 Å². The quantitative estimate of drug-likeness (QED) is 0.683. The largest absolute Gasteiger partial charge is 0.493 e. The zero-order valence-corrected chi connectivity index (χ0v) is 10.8. The normalized spacial score (nSPS) is 14.9. The lowest BCUT2D eigenvalue weighted by Gasteiger charge is -2.07. The van der Waals surface area contributed by atoms with Gasteiger partial charge in [-0.3, -0.25) is 4.98 Å². The molecule has 0 unspecified atom stereocenters. The van der Waals surface area contributed by atoms with Crippen LogP contribution < -0.4 is 9.47 Å². The summed E-state index contributed by atoms with van der Waals surface area (Å²) in [6.45, 7) is 0.847. The molecule has 0 aliphatic carbocycles. The van der Waals surface area contributed by atoms with E-state index in [1.54, 1.807) is 6.20 Å². The number of nitrogens with zero attached hydrogens (tertiary/aromatic N) is 2. The van der Waals surface area contributed by atoms with Gasteiger partial charge in [-0.2, -0.15) is 0 Å². The van der Waals surface area contributed by atoms with Crippen LogP contribution in [-0.4, -0.2) is 29.1 Å². The van der Waals surface area contributed by atoms with Gasteiger partial charge in [-0.05, 0) is 24.3 Å². The highest BCUT2D eigenvalue weighted by Gasteiger charge is 2.20. The Kier molecular flexibility index (Phi) is 3.50. The van der Waals surface area contributed by atoms with Gasteiger partial charge in [-0.25, -0.2) is 0 Å². The van der Waals surface area contributed by atoms with Crippen molar-refractivity contribution in [3.05, 3.63) is 53.9 Å². The van der Waals surface area contributed by atoms with Crippen LogP contribution in [0.15, 0.2) is 47.8 Å². The molecule has 5 nitrogen and oxygen atoms in total. The van der Waals surface area contributed by atoms with Gasteiger partial charge < -0.3 is 14.7 Å². The van der Waals surface area contributed by atoms with Crippen LogP contribution in [0.5, 0.6) is 11.5 Å². The van der Waals surface area contributed by atoms with E-state index in [4.69, 9.17) is 14.7 Å². The maximum absolute atomic E-state index is 8.82. The molecule has 0 fully saturated rings. The summed E-state index contributed by atoms with van der Waals surface area (Å²) in [6.07, 6.45) is 2.52. The minimum Gasteiger partial charge on any atom is -0.493 e. The van der Waals surface area contributed by atoms with Crippen LogP contribution in [0.3, 0.4) is 0 Å². The van der Waals surface area contributed by atoms with E-state index in [-0.39, 0.29) is 0 Å². The van der Waals surface area contributed by atoms with Crippen LogP contribution in [0.2, 0.25) is 0 Å². The zero-order valence-electron chi connectivity index (χ0n) is 10.8. The second-order valence-corrected chi connectivity index (χ2v) is 4.41. The van der Waals surface area contributed by atoms with Crippen LogP contribution in [0, 0.1) is 0 Å². The first-order valence-electron chi connectivity index (χ1n) is 6.37. The zero-order chi connectivity index (χ0) is 13.8. The van der Waals surface area contributed by atoms with Gasteiger partial charge in [0.25, 0.3) is 0 Å². The molecule has 20 heavy (non-hydrogen) atoms. The predicted molar refractivity (Wildman–Crippen MR) is 73.7 cm³/mol. The molecule has 0 spiro atoms. The number of benzene rings is 1. The topological polar surface area (TPSA) is 63.9 Å². The van der Waals surface area contributed by atoms with Crippen LogP contribution in [0.25, 0.3) is 0 Å². The lowest BCUT2D eigenvalue weighted by atomic mass is 10.1. The third-order valence-electron chi connectivity index (χ3n) is 3.10. The predicted octanol–water partition coefficient (Wildman–Crippen LogP) is 2.27. The molecule has 0 radical (unpaired) electrons. The van der Waals surface area contributed by atoms with Crippen molar-refractivity contribution in [3.63, 3.8) is 0 Å². The molecular formula is C15H14N2O3. The summed E-state index contributed by atoms with van der Waals surface area (Å²) < 4.78 is 11.1. The molecule has 0 saturated carbocycles. The van der Waals surface area contributed by atoms with Crippen molar-refractivity contribution in [3.8, 4) is 11.5 Å². The number of hydrogen-bond acceptors (Lipinski definition) is 5. The van der Waals surface area contributed by atoms with Gasteiger partial charge in [-0.1, -0.05) is 11.2 Å². The van der Waals surface area contributed by atoms with Crippen molar-refractivity contribution in [2.24, 2.45) is 5.16 Å². The van der Waals surface area contributed by atoms with Crippen LogP contribution >= 0.6 is 0 Å². The molecule has 0 amide bonds. The van der Waals surface area contributed by atoms with Crippen LogP contribution in [0.1, 0.15) is 11.3 Å². The fraction of sp³-hybridized carbons (Fsp3) is 0.200. The van der Waals surface area contributed by atoms with Gasteiger partial charge in [-0.15, -0.1) is 0 Å². The van der Waals surface area contributed by atoms with Crippen molar-refractivity contribution < 1.29 is 14.7 Å². The summed E-state index contributed by atoms with van der Waals surface area (Å²) in [5.41, 5.74) is 2.35. The molecule has 1 N–H and O–H groups in total. The van der Waals surface area contributed by atoms with E-state index in [1.165, 1.54) is 0 Å². The van der Waals surface area contributed by atoms with Crippen LogP contribution in [0.4, 0.5) is 0 Å². The Balaban J connectivity index is 1.62. The van der Waals surface area contributed by atoms with Gasteiger partial charge in [0.15, 0.2) is 0 Å². The highest BCUT2D eigenvalue weighted by molar-refractivity contribution is 6.05. The molecule has 2 aromatic rings. The molecule has 0 saturated heterocycles. The number of hydrogen-bond donors (Lipinski definition) is 1. The lowest BCUT2D eigenvalue weighted by molar-refractivity contribution is 0.311. The van der Waals surface area contributed by atoms with E-state index in [2.05, 4.69) is 10.1 Å². The highest BCUT2D eigenvalue weighted by Crippen LogP contribution is 2.29. The van der Waals surface area contributed by atoms with Crippen molar-refractivity contribution in [1.82, 2.24) is 4.98 Å². The Bertz CT molecular complexity index is 626. The van der Waals surface area contributed by atoms with E-state index < -0.39 is 0 Å². The third-order valence-corrected chi connectivity index (χ3v) is 3.10. The first-order valence-corrected chi connectivity index (χ1v) is 6.37. The molecule has 1 aromatic carbocycles. The minimum atomic E-state index is 0.295. The van der Waals surface area contributed by atoms with E-state index in [9.17, 15) is 0 Å². The van der Waals surface area contributed by atoms with Crippen molar-refractivity contribution in [2.45, 2.75) is 6.42 Å². The summed E-state index contributed by atoms with van der Waals surface area (Å²) in [4.78, 5) is 4.24.